The molecule has 98 valence electrons. The molecule has 2 aliphatic rings. The van der Waals surface area contributed by atoms with E-state index in [9.17, 15) is 0 Å². The van der Waals surface area contributed by atoms with Crippen LogP contribution in [0.5, 0.6) is 5.75 Å². The predicted molar refractivity (Wildman–Crippen MR) is 73.9 cm³/mol. The fourth-order valence-corrected chi connectivity index (χ4v) is 3.53. The lowest BCUT2D eigenvalue weighted by Gasteiger charge is -2.38. The summed E-state index contributed by atoms with van der Waals surface area (Å²) in [4.78, 5) is 0. The van der Waals surface area contributed by atoms with Crippen LogP contribution in [0.4, 0.5) is 5.69 Å². The maximum atomic E-state index is 6.07. The van der Waals surface area contributed by atoms with Gasteiger partial charge in [-0.1, -0.05) is 6.42 Å². The summed E-state index contributed by atoms with van der Waals surface area (Å²) in [5, 5.41) is 3.71. The number of hydrogen-bond donors (Lipinski definition) is 2. The lowest BCUT2D eigenvalue weighted by Crippen LogP contribution is -2.49. The number of benzene rings is 1. The highest BCUT2D eigenvalue weighted by molar-refractivity contribution is 5.49. The smallest absolute Gasteiger partial charge is 0.119 e. The average Bonchev–Trinajstić information content (AvgIpc) is 3.20. The summed E-state index contributed by atoms with van der Waals surface area (Å²) >= 11 is 0. The number of rotatable bonds is 4. The zero-order chi connectivity index (χ0) is 12.6. The first-order valence-electron chi connectivity index (χ1n) is 6.90. The molecule has 0 saturated heterocycles. The number of ether oxygens (including phenoxy) is 1. The van der Waals surface area contributed by atoms with Crippen molar-refractivity contribution in [1.29, 1.82) is 0 Å². The Morgan fingerprint density at radius 1 is 1.39 bits per heavy atom. The lowest BCUT2D eigenvalue weighted by atomic mass is 9.81. The number of anilines is 1. The number of fused-ring (bicyclic) bond motifs is 1. The van der Waals surface area contributed by atoms with E-state index in [-0.39, 0.29) is 5.54 Å². The second kappa shape index (κ2) is 4.47. The molecule has 3 N–H and O–H groups in total. The Morgan fingerprint density at radius 2 is 2.17 bits per heavy atom. The number of nitrogens with one attached hydrogen (secondary N) is 1. The van der Waals surface area contributed by atoms with Gasteiger partial charge in [-0.05, 0) is 55.4 Å². The van der Waals surface area contributed by atoms with Crippen molar-refractivity contribution in [3.8, 4) is 5.75 Å². The summed E-state index contributed by atoms with van der Waals surface area (Å²) in [7, 11) is 1.69. The highest BCUT2D eigenvalue weighted by atomic mass is 16.5. The van der Waals surface area contributed by atoms with Gasteiger partial charge in [0.05, 0.1) is 12.6 Å². The zero-order valence-electron chi connectivity index (χ0n) is 11.0. The standard InChI is InChI=1S/C15H22N2O/c1-18-13-6-4-12(5-7-13)17-15(10-16)8-2-3-11-9-14(11)15/h4-7,11,14,17H,2-3,8-10,16H2,1H3. The molecule has 3 unspecified atom stereocenters. The second-order valence-electron chi connectivity index (χ2n) is 5.71. The Bertz CT molecular complexity index is 417. The molecule has 2 saturated carbocycles. The maximum Gasteiger partial charge on any atom is 0.119 e. The van der Waals surface area contributed by atoms with Crippen LogP contribution in [0.3, 0.4) is 0 Å². The molecule has 3 nitrogen and oxygen atoms in total. The van der Waals surface area contributed by atoms with E-state index in [0.29, 0.717) is 0 Å². The van der Waals surface area contributed by atoms with Gasteiger partial charge in [-0.25, -0.2) is 0 Å². The zero-order valence-corrected chi connectivity index (χ0v) is 11.0. The Labute approximate surface area is 109 Å². The molecular weight excluding hydrogens is 224 g/mol. The third-order valence-electron chi connectivity index (χ3n) is 4.68. The fraction of sp³-hybridized carbons (Fsp3) is 0.600. The SMILES string of the molecule is COc1ccc(NC2(CN)CCCC3CC32)cc1. The lowest BCUT2D eigenvalue weighted by molar-refractivity contribution is 0.309. The van der Waals surface area contributed by atoms with Gasteiger partial charge in [0, 0.05) is 12.2 Å². The van der Waals surface area contributed by atoms with E-state index in [4.69, 9.17) is 10.5 Å². The number of methoxy groups -OCH3 is 1. The van der Waals surface area contributed by atoms with Gasteiger partial charge in [0.1, 0.15) is 5.75 Å². The predicted octanol–water partition coefficient (Wildman–Crippen LogP) is 2.62. The first kappa shape index (κ1) is 11.8. The summed E-state index contributed by atoms with van der Waals surface area (Å²) in [6, 6.07) is 8.17. The van der Waals surface area contributed by atoms with Gasteiger partial charge >= 0.3 is 0 Å². The number of nitrogens with two attached hydrogens (primary N) is 1. The van der Waals surface area contributed by atoms with Gasteiger partial charge in [-0.2, -0.15) is 0 Å². The van der Waals surface area contributed by atoms with Crippen LogP contribution in [0.15, 0.2) is 24.3 Å². The van der Waals surface area contributed by atoms with Gasteiger partial charge < -0.3 is 15.8 Å². The Kier molecular flexibility index (Phi) is 2.94. The summed E-state index contributed by atoms with van der Waals surface area (Å²) in [5.41, 5.74) is 7.37. The summed E-state index contributed by atoms with van der Waals surface area (Å²) in [6.07, 6.45) is 5.27. The molecule has 0 aliphatic heterocycles. The van der Waals surface area contributed by atoms with Crippen molar-refractivity contribution in [2.24, 2.45) is 17.6 Å². The van der Waals surface area contributed by atoms with Gasteiger partial charge in [0.2, 0.25) is 0 Å². The second-order valence-corrected chi connectivity index (χ2v) is 5.71. The van der Waals surface area contributed by atoms with Crippen LogP contribution >= 0.6 is 0 Å². The molecule has 3 rings (SSSR count). The highest BCUT2D eigenvalue weighted by Gasteiger charge is 2.54. The van der Waals surface area contributed by atoms with Gasteiger partial charge in [-0.3, -0.25) is 0 Å². The van der Waals surface area contributed by atoms with E-state index < -0.39 is 0 Å². The molecule has 0 spiro atoms. The van der Waals surface area contributed by atoms with Crippen molar-refractivity contribution in [2.75, 3.05) is 19.0 Å². The van der Waals surface area contributed by atoms with Crippen LogP contribution in [0.1, 0.15) is 25.7 Å². The van der Waals surface area contributed by atoms with Crippen molar-refractivity contribution in [2.45, 2.75) is 31.2 Å². The first-order chi connectivity index (χ1) is 8.77. The van der Waals surface area contributed by atoms with Gasteiger partial charge in [0.15, 0.2) is 0 Å². The van der Waals surface area contributed by atoms with E-state index in [2.05, 4.69) is 17.4 Å². The molecule has 0 amide bonds. The molecular formula is C15H22N2O. The van der Waals surface area contributed by atoms with E-state index in [0.717, 1.165) is 29.8 Å². The molecule has 1 aromatic rings. The van der Waals surface area contributed by atoms with Gasteiger partial charge in [-0.15, -0.1) is 0 Å². The third kappa shape index (κ3) is 1.97. The maximum absolute atomic E-state index is 6.07. The van der Waals surface area contributed by atoms with Crippen LogP contribution in [-0.4, -0.2) is 19.2 Å². The summed E-state index contributed by atoms with van der Waals surface area (Å²) in [5.74, 6) is 2.61. The van der Waals surface area contributed by atoms with E-state index >= 15 is 0 Å². The monoisotopic (exact) mass is 246 g/mol. The molecule has 0 aromatic heterocycles. The van der Waals surface area contributed by atoms with E-state index in [1.807, 2.05) is 12.1 Å². The minimum Gasteiger partial charge on any atom is -0.497 e. The average molecular weight is 246 g/mol. The topological polar surface area (TPSA) is 47.3 Å². The molecule has 3 heteroatoms. The fourth-order valence-electron chi connectivity index (χ4n) is 3.53. The molecule has 0 bridgehead atoms. The summed E-state index contributed by atoms with van der Waals surface area (Å²) in [6.45, 7) is 0.736. The van der Waals surface area contributed by atoms with Crippen molar-refractivity contribution in [1.82, 2.24) is 0 Å². The Morgan fingerprint density at radius 3 is 2.83 bits per heavy atom. The van der Waals surface area contributed by atoms with Crippen molar-refractivity contribution in [3.05, 3.63) is 24.3 Å². The molecule has 3 atom stereocenters. The van der Waals surface area contributed by atoms with E-state index in [1.165, 1.54) is 25.7 Å². The van der Waals surface area contributed by atoms with E-state index in [1.54, 1.807) is 7.11 Å². The van der Waals surface area contributed by atoms with Crippen LogP contribution in [0, 0.1) is 11.8 Å². The highest BCUT2D eigenvalue weighted by Crippen LogP contribution is 2.55. The first-order valence-corrected chi connectivity index (χ1v) is 6.90. The van der Waals surface area contributed by atoms with Crippen LogP contribution in [-0.2, 0) is 0 Å². The van der Waals surface area contributed by atoms with Crippen LogP contribution < -0.4 is 15.8 Å². The molecule has 2 fully saturated rings. The molecule has 1 aromatic carbocycles. The quantitative estimate of drug-likeness (QED) is 0.858. The molecule has 2 aliphatic carbocycles. The van der Waals surface area contributed by atoms with Crippen molar-refractivity contribution >= 4 is 5.69 Å². The molecule has 0 heterocycles. The molecule has 18 heavy (non-hydrogen) atoms. The van der Waals surface area contributed by atoms with Crippen LogP contribution in [0.25, 0.3) is 0 Å². The molecule has 0 radical (unpaired) electrons. The Hall–Kier alpha value is -1.22. The van der Waals surface area contributed by atoms with Crippen molar-refractivity contribution in [3.63, 3.8) is 0 Å². The minimum absolute atomic E-state index is 0.136. The van der Waals surface area contributed by atoms with Crippen molar-refractivity contribution < 1.29 is 4.74 Å². The third-order valence-corrected chi connectivity index (χ3v) is 4.68. The largest absolute Gasteiger partial charge is 0.497 e. The number of hydrogen-bond acceptors (Lipinski definition) is 3. The summed E-state index contributed by atoms with van der Waals surface area (Å²) < 4.78 is 5.19. The van der Waals surface area contributed by atoms with Gasteiger partial charge in [0.25, 0.3) is 0 Å². The Balaban J connectivity index is 1.76. The minimum atomic E-state index is 0.136. The van der Waals surface area contributed by atoms with Crippen LogP contribution in [0.2, 0.25) is 0 Å². The normalized spacial score (nSPS) is 33.7.